The van der Waals surface area contributed by atoms with Gasteiger partial charge in [-0.2, -0.15) is 0 Å². The van der Waals surface area contributed by atoms with Crippen LogP contribution < -0.4 is 15.0 Å². The van der Waals surface area contributed by atoms with E-state index in [1.807, 2.05) is 6.07 Å². The Labute approximate surface area is 164 Å². The van der Waals surface area contributed by atoms with Gasteiger partial charge in [-0.25, -0.2) is 4.79 Å². The van der Waals surface area contributed by atoms with Gasteiger partial charge in [-0.15, -0.1) is 0 Å². The summed E-state index contributed by atoms with van der Waals surface area (Å²) in [6.45, 7) is 3.66. The highest BCUT2D eigenvalue weighted by atomic mass is 16.5. The van der Waals surface area contributed by atoms with E-state index < -0.39 is 11.9 Å². The number of aromatic carboxylic acids is 1. The first kappa shape index (κ1) is 19.7. The number of rotatable bonds is 5. The Morgan fingerprint density at radius 2 is 1.82 bits per heavy atom. The van der Waals surface area contributed by atoms with E-state index in [1.54, 1.807) is 36.4 Å². The van der Waals surface area contributed by atoms with Crippen LogP contribution in [0.1, 0.15) is 27.1 Å². The molecule has 1 aliphatic heterocycles. The predicted octanol–water partition coefficient (Wildman–Crippen LogP) is 2.79. The van der Waals surface area contributed by atoms with E-state index in [2.05, 4.69) is 22.2 Å². The second-order valence-electron chi connectivity index (χ2n) is 6.83. The molecule has 7 nitrogen and oxygen atoms in total. The topological polar surface area (TPSA) is 82.1 Å². The Hall–Kier alpha value is -3.06. The average molecular weight is 383 g/mol. The summed E-state index contributed by atoms with van der Waals surface area (Å²) in [7, 11) is 3.57. The first-order valence-electron chi connectivity index (χ1n) is 9.25. The second kappa shape index (κ2) is 8.75. The monoisotopic (exact) mass is 383 g/mol. The Morgan fingerprint density at radius 3 is 2.57 bits per heavy atom. The number of anilines is 2. The third-order valence-electron chi connectivity index (χ3n) is 4.92. The number of carbonyl (C=O) groups excluding carboxylic acids is 1. The average Bonchev–Trinajstić information content (AvgIpc) is 2.92. The molecule has 2 aromatic rings. The van der Waals surface area contributed by atoms with Crippen molar-refractivity contribution in [2.24, 2.45) is 0 Å². The Bertz CT molecular complexity index is 868. The number of nitrogens with one attached hydrogen (secondary N) is 1. The van der Waals surface area contributed by atoms with Gasteiger partial charge in [0.15, 0.2) is 0 Å². The van der Waals surface area contributed by atoms with Crippen molar-refractivity contribution in [3.8, 4) is 5.75 Å². The zero-order valence-corrected chi connectivity index (χ0v) is 16.1. The molecular formula is C21H25N3O4. The molecule has 0 aliphatic carbocycles. The molecule has 1 saturated heterocycles. The minimum absolute atomic E-state index is 0.0679. The number of hydrogen-bond donors (Lipinski definition) is 2. The number of methoxy groups -OCH3 is 1. The van der Waals surface area contributed by atoms with E-state index in [-0.39, 0.29) is 11.3 Å². The SMILES string of the molecule is COc1ccccc1C(=O)Nc1ccc(N2CCCN(C)CC2)cc1C(=O)O. The van der Waals surface area contributed by atoms with Crippen LogP contribution in [0.15, 0.2) is 42.5 Å². The van der Waals surface area contributed by atoms with Crippen LogP contribution in [0.5, 0.6) is 5.75 Å². The normalized spacial score (nSPS) is 15.0. The fourth-order valence-electron chi connectivity index (χ4n) is 3.34. The molecule has 2 aromatic carbocycles. The molecule has 1 aliphatic rings. The highest BCUT2D eigenvalue weighted by Gasteiger charge is 2.19. The number of likely N-dealkylation sites (N-methyl/N-ethyl adjacent to an activating group) is 1. The summed E-state index contributed by atoms with van der Waals surface area (Å²) in [4.78, 5) is 28.9. The largest absolute Gasteiger partial charge is 0.496 e. The number of carboxylic acid groups (broad SMARTS) is 1. The van der Waals surface area contributed by atoms with E-state index in [0.29, 0.717) is 11.3 Å². The minimum Gasteiger partial charge on any atom is -0.496 e. The van der Waals surface area contributed by atoms with Crippen LogP contribution >= 0.6 is 0 Å². The maximum absolute atomic E-state index is 12.6. The highest BCUT2D eigenvalue weighted by molar-refractivity contribution is 6.09. The summed E-state index contributed by atoms with van der Waals surface area (Å²) in [5.41, 5.74) is 1.53. The Kier molecular flexibility index (Phi) is 6.16. The van der Waals surface area contributed by atoms with Crippen LogP contribution in [0, 0.1) is 0 Å². The van der Waals surface area contributed by atoms with E-state index in [4.69, 9.17) is 4.74 Å². The lowest BCUT2D eigenvalue weighted by atomic mass is 10.1. The Balaban J connectivity index is 1.85. The molecule has 0 atom stereocenters. The summed E-state index contributed by atoms with van der Waals surface area (Å²) in [5, 5.41) is 12.4. The van der Waals surface area contributed by atoms with Crippen LogP contribution in [0.2, 0.25) is 0 Å². The maximum Gasteiger partial charge on any atom is 0.337 e. The molecule has 0 radical (unpaired) electrons. The van der Waals surface area contributed by atoms with Crippen LogP contribution in [0.3, 0.4) is 0 Å². The number of ether oxygens (including phenoxy) is 1. The van der Waals surface area contributed by atoms with Gasteiger partial charge in [0.05, 0.1) is 23.9 Å². The van der Waals surface area contributed by atoms with Gasteiger partial charge < -0.3 is 25.0 Å². The molecule has 1 fully saturated rings. The van der Waals surface area contributed by atoms with Crippen molar-refractivity contribution >= 4 is 23.3 Å². The third kappa shape index (κ3) is 4.43. The second-order valence-corrected chi connectivity index (χ2v) is 6.83. The molecule has 7 heteroatoms. The highest BCUT2D eigenvalue weighted by Crippen LogP contribution is 2.26. The molecule has 148 valence electrons. The van der Waals surface area contributed by atoms with E-state index in [1.165, 1.54) is 7.11 Å². The molecule has 0 aromatic heterocycles. The standard InChI is InChI=1S/C21H25N3O4/c1-23-10-5-11-24(13-12-23)15-8-9-18(17(14-15)21(26)27)22-20(25)16-6-3-4-7-19(16)28-2/h3-4,6-9,14H,5,10-13H2,1-2H3,(H,22,25)(H,26,27). The first-order valence-corrected chi connectivity index (χ1v) is 9.25. The Morgan fingerprint density at radius 1 is 1.04 bits per heavy atom. The summed E-state index contributed by atoms with van der Waals surface area (Å²) in [6.07, 6.45) is 1.02. The first-order chi connectivity index (χ1) is 13.5. The number of benzene rings is 2. The molecule has 0 spiro atoms. The van der Waals surface area contributed by atoms with Crippen molar-refractivity contribution in [2.75, 3.05) is 50.6 Å². The van der Waals surface area contributed by atoms with Gasteiger partial charge in [0, 0.05) is 25.3 Å². The van der Waals surface area contributed by atoms with Crippen LogP contribution in [-0.2, 0) is 0 Å². The fourth-order valence-corrected chi connectivity index (χ4v) is 3.34. The molecule has 0 bridgehead atoms. The summed E-state index contributed by atoms with van der Waals surface area (Å²) >= 11 is 0. The van der Waals surface area contributed by atoms with E-state index in [9.17, 15) is 14.7 Å². The molecular weight excluding hydrogens is 358 g/mol. The predicted molar refractivity (Wildman–Crippen MR) is 109 cm³/mol. The number of nitrogens with zero attached hydrogens (tertiary/aromatic N) is 2. The van der Waals surface area contributed by atoms with Crippen molar-refractivity contribution in [2.45, 2.75) is 6.42 Å². The lowest BCUT2D eigenvalue weighted by Crippen LogP contribution is -2.29. The van der Waals surface area contributed by atoms with Gasteiger partial charge >= 0.3 is 5.97 Å². The molecule has 2 N–H and O–H groups in total. The van der Waals surface area contributed by atoms with Crippen molar-refractivity contribution in [1.82, 2.24) is 4.90 Å². The fraction of sp³-hybridized carbons (Fsp3) is 0.333. The summed E-state index contributed by atoms with van der Waals surface area (Å²) in [6, 6.07) is 12.0. The molecule has 1 amide bonds. The number of carboxylic acids is 1. The molecule has 0 unspecified atom stereocenters. The summed E-state index contributed by atoms with van der Waals surface area (Å²) < 4.78 is 5.21. The number of carbonyl (C=O) groups is 2. The van der Waals surface area contributed by atoms with Crippen LogP contribution in [-0.4, -0.2) is 62.2 Å². The van der Waals surface area contributed by atoms with Crippen LogP contribution in [0.25, 0.3) is 0 Å². The van der Waals surface area contributed by atoms with Crippen molar-refractivity contribution in [1.29, 1.82) is 0 Å². The van der Waals surface area contributed by atoms with Gasteiger partial charge in [-0.1, -0.05) is 12.1 Å². The smallest absolute Gasteiger partial charge is 0.337 e. The minimum atomic E-state index is -1.08. The van der Waals surface area contributed by atoms with Gasteiger partial charge in [0.2, 0.25) is 0 Å². The van der Waals surface area contributed by atoms with Gasteiger partial charge in [0.25, 0.3) is 5.91 Å². The number of hydrogen-bond acceptors (Lipinski definition) is 5. The summed E-state index contributed by atoms with van der Waals surface area (Å²) in [5.74, 6) is -1.06. The molecule has 1 heterocycles. The van der Waals surface area contributed by atoms with Gasteiger partial charge in [-0.3, -0.25) is 4.79 Å². The van der Waals surface area contributed by atoms with E-state index in [0.717, 1.165) is 38.3 Å². The van der Waals surface area contributed by atoms with Crippen molar-refractivity contribution in [3.63, 3.8) is 0 Å². The number of para-hydroxylation sites is 1. The zero-order chi connectivity index (χ0) is 20.1. The zero-order valence-electron chi connectivity index (χ0n) is 16.1. The third-order valence-corrected chi connectivity index (χ3v) is 4.92. The molecule has 3 rings (SSSR count). The van der Waals surface area contributed by atoms with Crippen molar-refractivity contribution in [3.05, 3.63) is 53.6 Å². The quantitative estimate of drug-likeness (QED) is 0.826. The van der Waals surface area contributed by atoms with Crippen LogP contribution in [0.4, 0.5) is 11.4 Å². The molecule has 28 heavy (non-hydrogen) atoms. The number of amides is 1. The lowest BCUT2D eigenvalue weighted by molar-refractivity contribution is 0.0698. The lowest BCUT2D eigenvalue weighted by Gasteiger charge is -2.24. The van der Waals surface area contributed by atoms with Gasteiger partial charge in [-0.05, 0) is 50.3 Å². The van der Waals surface area contributed by atoms with Crippen molar-refractivity contribution < 1.29 is 19.4 Å². The van der Waals surface area contributed by atoms with E-state index >= 15 is 0 Å². The maximum atomic E-state index is 12.6. The molecule has 0 saturated carbocycles. The van der Waals surface area contributed by atoms with Gasteiger partial charge in [0.1, 0.15) is 5.75 Å².